The minimum atomic E-state index is -1.07. The Bertz CT molecular complexity index is 1190. The number of anilines is 2. The number of hydrogen-bond donors (Lipinski definition) is 1. The van der Waals surface area contributed by atoms with Gasteiger partial charge in [-0.1, -0.05) is 18.2 Å². The van der Waals surface area contributed by atoms with Crippen LogP contribution < -0.4 is 15.0 Å². The van der Waals surface area contributed by atoms with E-state index in [1.54, 1.807) is 7.11 Å². The fraction of sp³-hybridized carbons (Fsp3) is 0.269. The molecule has 164 valence electrons. The van der Waals surface area contributed by atoms with E-state index in [0.717, 1.165) is 41.2 Å². The lowest BCUT2D eigenvalue weighted by Crippen LogP contribution is -2.33. The average molecular weight is 431 g/mol. The Balaban J connectivity index is 1.75. The Morgan fingerprint density at radius 1 is 0.938 bits per heavy atom. The van der Waals surface area contributed by atoms with Crippen molar-refractivity contribution in [1.29, 1.82) is 0 Å². The molecule has 0 saturated heterocycles. The molecule has 0 aliphatic carbocycles. The van der Waals surface area contributed by atoms with Crippen LogP contribution in [0.25, 0.3) is 0 Å². The Morgan fingerprint density at radius 3 is 2.53 bits per heavy atom. The maximum absolute atomic E-state index is 13.0. The van der Waals surface area contributed by atoms with Gasteiger partial charge in [0.05, 0.1) is 5.56 Å². The van der Waals surface area contributed by atoms with Crippen molar-refractivity contribution in [2.75, 3.05) is 37.1 Å². The van der Waals surface area contributed by atoms with Crippen LogP contribution in [0.1, 0.15) is 40.9 Å². The molecule has 0 fully saturated rings. The second-order valence-corrected chi connectivity index (χ2v) is 7.89. The van der Waals surface area contributed by atoms with Gasteiger partial charge in [0.25, 0.3) is 0 Å². The zero-order valence-electron chi connectivity index (χ0n) is 18.5. The van der Waals surface area contributed by atoms with Crippen LogP contribution in [-0.4, -0.2) is 32.9 Å². The summed E-state index contributed by atoms with van der Waals surface area (Å²) in [6.07, 6.45) is 0. The van der Waals surface area contributed by atoms with E-state index in [9.17, 15) is 4.79 Å². The number of fused-ring (bicyclic) bond motifs is 6. The summed E-state index contributed by atoms with van der Waals surface area (Å²) in [5.74, 6) is 1.04. The Labute approximate surface area is 187 Å². The van der Waals surface area contributed by atoms with Crippen molar-refractivity contribution in [2.24, 2.45) is 0 Å². The molecular weight excluding hydrogens is 404 g/mol. The summed E-state index contributed by atoms with van der Waals surface area (Å²) in [7, 11) is 1.63. The molecule has 3 aromatic rings. The average Bonchev–Trinajstić information content (AvgIpc) is 3.12. The van der Waals surface area contributed by atoms with E-state index in [2.05, 4.69) is 30.1 Å². The summed E-state index contributed by atoms with van der Waals surface area (Å²) in [5, 5.41) is 3.22. The number of nitrogens with zero attached hydrogens (tertiary/aromatic N) is 1. The van der Waals surface area contributed by atoms with Crippen molar-refractivity contribution in [1.82, 2.24) is 0 Å². The predicted octanol–water partition coefficient (Wildman–Crippen LogP) is 5.12. The third kappa shape index (κ3) is 2.94. The van der Waals surface area contributed by atoms with Crippen molar-refractivity contribution in [3.63, 3.8) is 0 Å². The first kappa shape index (κ1) is 20.4. The highest BCUT2D eigenvalue weighted by molar-refractivity contribution is 5.97. The Morgan fingerprint density at radius 2 is 1.75 bits per heavy atom. The number of carbonyl (C=O) groups excluding carboxylic acids is 1. The summed E-state index contributed by atoms with van der Waals surface area (Å²) >= 11 is 0. The summed E-state index contributed by atoms with van der Waals surface area (Å²) in [6.45, 7) is 6.41. The molecule has 0 saturated carbocycles. The minimum absolute atomic E-state index is 0.331. The molecule has 1 spiro atoms. The lowest BCUT2D eigenvalue weighted by molar-refractivity contribution is 0.0224. The van der Waals surface area contributed by atoms with Gasteiger partial charge in [0, 0.05) is 54.3 Å². The van der Waals surface area contributed by atoms with E-state index in [4.69, 9.17) is 14.2 Å². The SMILES string of the molecule is CCN(CC)c1ccc2c(c1)Oc1ccc(NCOC)cc1C21OC(=O)c2ccccc21. The zero-order chi connectivity index (χ0) is 22.3. The molecule has 0 aromatic heterocycles. The predicted molar refractivity (Wildman–Crippen MR) is 124 cm³/mol. The molecule has 1 atom stereocenters. The van der Waals surface area contributed by atoms with Crippen LogP contribution >= 0.6 is 0 Å². The largest absolute Gasteiger partial charge is 0.456 e. The van der Waals surface area contributed by atoms with Gasteiger partial charge >= 0.3 is 5.97 Å². The number of nitrogens with one attached hydrogen (secondary N) is 1. The number of hydrogen-bond acceptors (Lipinski definition) is 6. The minimum Gasteiger partial charge on any atom is -0.456 e. The van der Waals surface area contributed by atoms with Gasteiger partial charge in [0.15, 0.2) is 5.60 Å². The van der Waals surface area contributed by atoms with Crippen LogP contribution in [0.3, 0.4) is 0 Å². The maximum atomic E-state index is 13.0. The molecule has 6 nitrogen and oxygen atoms in total. The second-order valence-electron chi connectivity index (χ2n) is 7.89. The van der Waals surface area contributed by atoms with E-state index >= 15 is 0 Å². The summed E-state index contributed by atoms with van der Waals surface area (Å²) < 4.78 is 17.8. The van der Waals surface area contributed by atoms with Crippen LogP contribution in [0.4, 0.5) is 11.4 Å². The van der Waals surface area contributed by atoms with Crippen LogP contribution in [0.15, 0.2) is 60.7 Å². The molecular formula is C26H26N2O4. The van der Waals surface area contributed by atoms with Crippen molar-refractivity contribution in [3.05, 3.63) is 82.9 Å². The molecule has 2 aliphatic heterocycles. The third-order valence-electron chi connectivity index (χ3n) is 6.24. The molecule has 6 heteroatoms. The molecule has 0 radical (unpaired) electrons. The van der Waals surface area contributed by atoms with E-state index in [1.807, 2.05) is 54.6 Å². The van der Waals surface area contributed by atoms with Crippen molar-refractivity contribution >= 4 is 17.3 Å². The molecule has 32 heavy (non-hydrogen) atoms. The summed E-state index contributed by atoms with van der Waals surface area (Å²) in [6, 6.07) is 19.6. The van der Waals surface area contributed by atoms with Crippen LogP contribution in [0.2, 0.25) is 0 Å². The van der Waals surface area contributed by atoms with E-state index < -0.39 is 5.60 Å². The number of carbonyl (C=O) groups is 1. The lowest BCUT2D eigenvalue weighted by Gasteiger charge is -2.37. The fourth-order valence-electron chi connectivity index (χ4n) is 4.71. The monoisotopic (exact) mass is 430 g/mol. The van der Waals surface area contributed by atoms with Crippen molar-refractivity contribution < 1.29 is 19.0 Å². The normalized spacial score (nSPS) is 17.8. The number of esters is 1. The van der Waals surface area contributed by atoms with E-state index in [-0.39, 0.29) is 5.97 Å². The first-order valence-electron chi connectivity index (χ1n) is 10.9. The molecule has 1 unspecified atom stereocenters. The number of ether oxygens (including phenoxy) is 3. The van der Waals surface area contributed by atoms with Gasteiger partial charge in [0.1, 0.15) is 18.2 Å². The van der Waals surface area contributed by atoms with Crippen LogP contribution in [0, 0.1) is 0 Å². The Hall–Kier alpha value is -3.51. The van der Waals surface area contributed by atoms with Gasteiger partial charge < -0.3 is 24.4 Å². The third-order valence-corrected chi connectivity index (χ3v) is 6.24. The van der Waals surface area contributed by atoms with Gasteiger partial charge in [-0.05, 0) is 50.2 Å². The molecule has 0 bridgehead atoms. The van der Waals surface area contributed by atoms with Gasteiger partial charge in [-0.2, -0.15) is 0 Å². The lowest BCUT2D eigenvalue weighted by atomic mass is 9.77. The molecule has 0 amide bonds. The second kappa shape index (κ2) is 7.88. The molecule has 2 aliphatic rings. The number of methoxy groups -OCH3 is 1. The Kier molecular flexibility index (Phi) is 5.02. The van der Waals surface area contributed by atoms with E-state index in [0.29, 0.717) is 23.8 Å². The van der Waals surface area contributed by atoms with Gasteiger partial charge in [-0.25, -0.2) is 4.79 Å². The number of rotatable bonds is 6. The first-order valence-corrected chi connectivity index (χ1v) is 10.9. The van der Waals surface area contributed by atoms with Crippen LogP contribution in [0.5, 0.6) is 11.5 Å². The maximum Gasteiger partial charge on any atom is 0.340 e. The van der Waals surface area contributed by atoms with Gasteiger partial charge in [-0.15, -0.1) is 0 Å². The number of benzene rings is 3. The standard InChI is InChI=1S/C26H26N2O4/c1-4-28(5-2)18-11-12-21-24(15-18)31-23-13-10-17(27-16-30-3)14-22(23)26(21)20-9-7-6-8-19(20)25(29)32-26/h6-15,27H,4-5,16H2,1-3H3. The molecule has 2 heterocycles. The highest BCUT2D eigenvalue weighted by Crippen LogP contribution is 2.56. The topological polar surface area (TPSA) is 60.0 Å². The quantitative estimate of drug-likeness (QED) is 0.433. The van der Waals surface area contributed by atoms with Gasteiger partial charge in [-0.3, -0.25) is 0 Å². The zero-order valence-corrected chi connectivity index (χ0v) is 18.5. The molecule has 5 rings (SSSR count). The van der Waals surface area contributed by atoms with Crippen molar-refractivity contribution in [2.45, 2.75) is 19.4 Å². The highest BCUT2D eigenvalue weighted by atomic mass is 16.6. The smallest absolute Gasteiger partial charge is 0.340 e. The summed E-state index contributed by atoms with van der Waals surface area (Å²) in [5.41, 5.74) is 3.89. The highest BCUT2D eigenvalue weighted by Gasteiger charge is 2.53. The molecule has 3 aromatic carbocycles. The first-order chi connectivity index (χ1) is 15.6. The van der Waals surface area contributed by atoms with Crippen molar-refractivity contribution in [3.8, 4) is 11.5 Å². The fourth-order valence-corrected chi connectivity index (χ4v) is 4.71. The van der Waals surface area contributed by atoms with Crippen LogP contribution in [-0.2, 0) is 15.1 Å². The summed E-state index contributed by atoms with van der Waals surface area (Å²) in [4.78, 5) is 15.2. The van der Waals surface area contributed by atoms with Gasteiger partial charge in [0.2, 0.25) is 0 Å². The molecule has 1 N–H and O–H groups in total. The van der Waals surface area contributed by atoms with E-state index in [1.165, 1.54) is 0 Å².